The number of amides is 1. The molecule has 1 aromatic heterocycles. The number of halogens is 1. The van der Waals surface area contributed by atoms with Crippen LogP contribution in [0.3, 0.4) is 0 Å². The minimum absolute atomic E-state index is 0. The molecule has 0 bridgehead atoms. The van der Waals surface area contributed by atoms with Gasteiger partial charge in [0.15, 0.2) is 5.82 Å². The monoisotopic (exact) mass is 341 g/mol. The molecule has 0 saturated carbocycles. The maximum atomic E-state index is 12.0. The smallest absolute Gasteiger partial charge is 0.241 e. The van der Waals surface area contributed by atoms with Gasteiger partial charge in [0.1, 0.15) is 5.82 Å². The third-order valence-corrected chi connectivity index (χ3v) is 3.60. The van der Waals surface area contributed by atoms with Crippen molar-refractivity contribution in [2.45, 2.75) is 19.4 Å². The molecule has 1 aromatic carbocycles. The van der Waals surface area contributed by atoms with E-state index in [9.17, 15) is 4.79 Å². The van der Waals surface area contributed by atoms with Gasteiger partial charge < -0.3 is 11.1 Å². The molecule has 120 valence electrons. The van der Waals surface area contributed by atoms with Crippen LogP contribution >= 0.6 is 24.2 Å². The quantitative estimate of drug-likeness (QED) is 0.748. The van der Waals surface area contributed by atoms with Gasteiger partial charge in [-0.1, -0.05) is 12.1 Å². The minimum atomic E-state index is -0.494. The van der Waals surface area contributed by atoms with E-state index >= 15 is 0 Å². The molecule has 0 fully saturated rings. The minimum Gasteiger partial charge on any atom is -0.325 e. The van der Waals surface area contributed by atoms with Gasteiger partial charge >= 0.3 is 0 Å². The summed E-state index contributed by atoms with van der Waals surface area (Å²) in [7, 11) is 0. The summed E-state index contributed by atoms with van der Waals surface area (Å²) in [6.07, 6.45) is 2.65. The lowest BCUT2D eigenvalue weighted by atomic mass is 10.1. The Morgan fingerprint density at radius 3 is 2.91 bits per heavy atom. The highest BCUT2D eigenvalue weighted by atomic mass is 35.5. The molecular weight excluding hydrogens is 322 g/mol. The van der Waals surface area contributed by atoms with Gasteiger partial charge in [-0.05, 0) is 37.5 Å². The SMILES string of the molecule is CSCC[C@H](N)C(=O)Nc1cccc(-c2n[nH]c(C)n2)c1.Cl. The molecule has 4 N–H and O–H groups in total. The number of benzene rings is 1. The summed E-state index contributed by atoms with van der Waals surface area (Å²) in [4.78, 5) is 16.3. The Hall–Kier alpha value is -1.57. The fourth-order valence-electron chi connectivity index (χ4n) is 1.82. The molecule has 0 aliphatic heterocycles. The van der Waals surface area contributed by atoms with E-state index in [0.717, 1.165) is 17.1 Å². The van der Waals surface area contributed by atoms with E-state index in [1.165, 1.54) is 0 Å². The summed E-state index contributed by atoms with van der Waals surface area (Å²) in [5, 5.41) is 9.73. The van der Waals surface area contributed by atoms with Crippen molar-refractivity contribution in [1.82, 2.24) is 15.2 Å². The normalized spacial score (nSPS) is 11.6. The second-order valence-corrected chi connectivity index (χ2v) is 5.69. The average molecular weight is 342 g/mol. The van der Waals surface area contributed by atoms with Crippen molar-refractivity contribution < 1.29 is 4.79 Å². The fourth-order valence-corrected chi connectivity index (χ4v) is 2.31. The van der Waals surface area contributed by atoms with Crippen LogP contribution in [0.15, 0.2) is 24.3 Å². The molecule has 2 rings (SSSR count). The first-order chi connectivity index (χ1) is 10.1. The van der Waals surface area contributed by atoms with Gasteiger partial charge in [0, 0.05) is 11.3 Å². The second-order valence-electron chi connectivity index (χ2n) is 4.70. The molecule has 1 atom stereocenters. The van der Waals surface area contributed by atoms with Crippen molar-refractivity contribution in [3.63, 3.8) is 0 Å². The molecule has 6 nitrogen and oxygen atoms in total. The number of nitrogens with two attached hydrogens (primary N) is 1. The highest BCUT2D eigenvalue weighted by molar-refractivity contribution is 7.98. The first kappa shape index (κ1) is 18.5. The van der Waals surface area contributed by atoms with Gasteiger partial charge in [0.2, 0.25) is 5.91 Å². The van der Waals surface area contributed by atoms with Gasteiger partial charge in [0.05, 0.1) is 6.04 Å². The number of hydrogen-bond acceptors (Lipinski definition) is 5. The zero-order valence-electron chi connectivity index (χ0n) is 12.5. The van der Waals surface area contributed by atoms with Crippen LogP contribution in [0.1, 0.15) is 12.2 Å². The average Bonchev–Trinajstić information content (AvgIpc) is 2.91. The number of nitrogens with one attached hydrogen (secondary N) is 2. The predicted molar refractivity (Wildman–Crippen MR) is 93.4 cm³/mol. The third kappa shape index (κ3) is 5.01. The first-order valence-electron chi connectivity index (χ1n) is 6.65. The maximum Gasteiger partial charge on any atom is 0.241 e. The van der Waals surface area contributed by atoms with E-state index in [-0.39, 0.29) is 18.3 Å². The van der Waals surface area contributed by atoms with Crippen molar-refractivity contribution in [2.24, 2.45) is 5.73 Å². The van der Waals surface area contributed by atoms with Crippen LogP contribution in [0.5, 0.6) is 0 Å². The summed E-state index contributed by atoms with van der Waals surface area (Å²) in [6.45, 7) is 1.84. The zero-order valence-corrected chi connectivity index (χ0v) is 14.1. The molecule has 8 heteroatoms. The number of H-pyrrole nitrogens is 1. The summed E-state index contributed by atoms with van der Waals surface area (Å²) in [6, 6.07) is 6.91. The number of hydrogen-bond donors (Lipinski definition) is 3. The van der Waals surface area contributed by atoms with E-state index in [0.29, 0.717) is 17.9 Å². The Kier molecular flexibility index (Phi) is 7.37. The maximum absolute atomic E-state index is 12.0. The van der Waals surface area contributed by atoms with E-state index < -0.39 is 6.04 Å². The zero-order chi connectivity index (χ0) is 15.2. The van der Waals surface area contributed by atoms with Crippen molar-refractivity contribution >= 4 is 35.8 Å². The predicted octanol–water partition coefficient (Wildman–Crippen LogP) is 2.22. The Labute approximate surface area is 140 Å². The number of thioether (sulfide) groups is 1. The van der Waals surface area contributed by atoms with Crippen LogP contribution in [0.25, 0.3) is 11.4 Å². The van der Waals surface area contributed by atoms with Crippen molar-refractivity contribution in [1.29, 1.82) is 0 Å². The number of anilines is 1. The lowest BCUT2D eigenvalue weighted by Gasteiger charge is -2.12. The molecule has 0 unspecified atom stereocenters. The topological polar surface area (TPSA) is 96.7 Å². The third-order valence-electron chi connectivity index (χ3n) is 2.96. The van der Waals surface area contributed by atoms with Crippen molar-refractivity contribution in [3.05, 3.63) is 30.1 Å². The number of aryl methyl sites for hydroxylation is 1. The van der Waals surface area contributed by atoms with Gasteiger partial charge in [0.25, 0.3) is 0 Å². The summed E-state index contributed by atoms with van der Waals surface area (Å²) in [5.74, 6) is 2.05. The Morgan fingerprint density at radius 2 is 2.27 bits per heavy atom. The van der Waals surface area contributed by atoms with Crippen LogP contribution in [-0.4, -0.2) is 39.1 Å². The lowest BCUT2D eigenvalue weighted by Crippen LogP contribution is -2.36. The summed E-state index contributed by atoms with van der Waals surface area (Å²) < 4.78 is 0. The number of aromatic amines is 1. The molecule has 0 saturated heterocycles. The fraction of sp³-hybridized carbons (Fsp3) is 0.357. The molecule has 2 aromatic rings. The molecule has 0 radical (unpaired) electrons. The van der Waals surface area contributed by atoms with Crippen molar-refractivity contribution in [3.8, 4) is 11.4 Å². The van der Waals surface area contributed by atoms with Crippen LogP contribution in [0, 0.1) is 6.92 Å². The second kappa shape index (κ2) is 8.77. The van der Waals surface area contributed by atoms with E-state index in [2.05, 4.69) is 20.5 Å². The van der Waals surface area contributed by atoms with Gasteiger partial charge in [-0.25, -0.2) is 4.98 Å². The molecule has 0 spiro atoms. The number of carbonyl (C=O) groups is 1. The highest BCUT2D eigenvalue weighted by Crippen LogP contribution is 2.19. The highest BCUT2D eigenvalue weighted by Gasteiger charge is 2.13. The van der Waals surface area contributed by atoms with Gasteiger partial charge in [-0.3, -0.25) is 9.89 Å². The van der Waals surface area contributed by atoms with Crippen LogP contribution in [0.2, 0.25) is 0 Å². The molecule has 1 amide bonds. The number of nitrogens with zero attached hydrogens (tertiary/aromatic N) is 2. The first-order valence-corrected chi connectivity index (χ1v) is 8.04. The Bertz CT molecular complexity index is 619. The largest absolute Gasteiger partial charge is 0.325 e. The summed E-state index contributed by atoms with van der Waals surface area (Å²) >= 11 is 1.68. The molecule has 0 aliphatic carbocycles. The van der Waals surface area contributed by atoms with E-state index in [1.807, 2.05) is 37.4 Å². The number of rotatable bonds is 6. The standard InChI is InChI=1S/C14H19N5OS.ClH/c1-9-16-13(19-18-9)10-4-3-5-11(8-10)17-14(20)12(15)6-7-21-2;/h3-5,8,12H,6-7,15H2,1-2H3,(H,17,20)(H,16,18,19);1H/t12-;/m0./s1. The molecule has 1 heterocycles. The van der Waals surface area contributed by atoms with Gasteiger partial charge in [-0.2, -0.15) is 16.9 Å². The molecule has 22 heavy (non-hydrogen) atoms. The van der Waals surface area contributed by atoms with E-state index in [1.54, 1.807) is 11.8 Å². The van der Waals surface area contributed by atoms with Crippen LogP contribution in [-0.2, 0) is 4.79 Å². The Morgan fingerprint density at radius 1 is 1.50 bits per heavy atom. The number of aromatic nitrogens is 3. The number of carbonyl (C=O) groups excluding carboxylic acids is 1. The van der Waals surface area contributed by atoms with Gasteiger partial charge in [-0.15, -0.1) is 12.4 Å². The molecular formula is C14H20ClN5OS. The van der Waals surface area contributed by atoms with E-state index in [4.69, 9.17) is 5.73 Å². The molecule has 0 aliphatic rings. The van der Waals surface area contributed by atoms with Crippen LogP contribution in [0.4, 0.5) is 5.69 Å². The van der Waals surface area contributed by atoms with Crippen LogP contribution < -0.4 is 11.1 Å². The Balaban J connectivity index is 0.00000242. The van der Waals surface area contributed by atoms with Crippen molar-refractivity contribution in [2.75, 3.05) is 17.3 Å². The lowest BCUT2D eigenvalue weighted by molar-refractivity contribution is -0.117. The summed E-state index contributed by atoms with van der Waals surface area (Å²) in [5.41, 5.74) is 7.39.